The summed E-state index contributed by atoms with van der Waals surface area (Å²) in [4.78, 5) is 21.3. The van der Waals surface area contributed by atoms with E-state index in [1.54, 1.807) is 0 Å². The zero-order valence-corrected chi connectivity index (χ0v) is 15.8. The molecule has 1 amide bonds. The summed E-state index contributed by atoms with van der Waals surface area (Å²) in [6.45, 7) is 7.36. The van der Waals surface area contributed by atoms with E-state index in [-0.39, 0.29) is 5.91 Å². The molecule has 0 aliphatic carbocycles. The molecule has 0 spiro atoms. The SMILES string of the molecule is O=C(CCc1ccnc(N2CCOCC2)c1)NCCN1CCCCCC1. The maximum Gasteiger partial charge on any atom is 0.220 e. The lowest BCUT2D eigenvalue weighted by Gasteiger charge is -2.28. The first-order valence-corrected chi connectivity index (χ1v) is 10.1. The molecule has 0 unspecified atom stereocenters. The largest absolute Gasteiger partial charge is 0.378 e. The van der Waals surface area contributed by atoms with Crippen molar-refractivity contribution in [1.82, 2.24) is 15.2 Å². The van der Waals surface area contributed by atoms with E-state index in [9.17, 15) is 4.79 Å². The van der Waals surface area contributed by atoms with Gasteiger partial charge >= 0.3 is 0 Å². The first-order valence-electron chi connectivity index (χ1n) is 10.1. The van der Waals surface area contributed by atoms with E-state index in [1.165, 1.54) is 44.3 Å². The molecule has 0 bridgehead atoms. The van der Waals surface area contributed by atoms with Crippen LogP contribution in [0, 0.1) is 0 Å². The van der Waals surface area contributed by atoms with Gasteiger partial charge in [0.2, 0.25) is 5.91 Å². The van der Waals surface area contributed by atoms with E-state index >= 15 is 0 Å². The minimum atomic E-state index is 0.143. The van der Waals surface area contributed by atoms with Gasteiger partial charge < -0.3 is 19.9 Å². The second-order valence-electron chi connectivity index (χ2n) is 7.23. The number of aryl methyl sites for hydroxylation is 1. The van der Waals surface area contributed by atoms with Crippen molar-refractivity contribution in [3.8, 4) is 0 Å². The number of morpholine rings is 1. The van der Waals surface area contributed by atoms with Crippen LogP contribution in [-0.2, 0) is 16.0 Å². The topological polar surface area (TPSA) is 57.7 Å². The fraction of sp³-hybridized carbons (Fsp3) is 0.700. The van der Waals surface area contributed by atoms with Gasteiger partial charge in [-0.25, -0.2) is 4.98 Å². The summed E-state index contributed by atoms with van der Waals surface area (Å²) in [5.74, 6) is 1.14. The van der Waals surface area contributed by atoms with Crippen LogP contribution in [0.1, 0.15) is 37.7 Å². The Hall–Kier alpha value is -1.66. The molecule has 0 saturated carbocycles. The number of likely N-dealkylation sites (tertiary alicyclic amines) is 1. The number of rotatable bonds is 7. The van der Waals surface area contributed by atoms with Crippen LogP contribution in [-0.4, -0.2) is 68.3 Å². The molecule has 144 valence electrons. The molecule has 0 aromatic carbocycles. The van der Waals surface area contributed by atoms with Crippen molar-refractivity contribution in [3.05, 3.63) is 23.9 Å². The number of aromatic nitrogens is 1. The van der Waals surface area contributed by atoms with Gasteiger partial charge in [0.1, 0.15) is 5.82 Å². The van der Waals surface area contributed by atoms with E-state index in [0.717, 1.165) is 51.6 Å². The van der Waals surface area contributed by atoms with Crippen molar-refractivity contribution in [2.75, 3.05) is 57.4 Å². The molecule has 1 aromatic rings. The maximum atomic E-state index is 12.1. The highest BCUT2D eigenvalue weighted by Gasteiger charge is 2.13. The number of nitrogens with one attached hydrogen (secondary N) is 1. The molecule has 3 rings (SSSR count). The number of pyridine rings is 1. The Balaban J connectivity index is 1.37. The normalized spacial score (nSPS) is 19.2. The van der Waals surface area contributed by atoms with Crippen LogP contribution in [0.4, 0.5) is 5.82 Å². The molecule has 2 saturated heterocycles. The highest BCUT2D eigenvalue weighted by atomic mass is 16.5. The first kappa shape index (κ1) is 19.1. The van der Waals surface area contributed by atoms with Crippen LogP contribution in [0.2, 0.25) is 0 Å². The lowest BCUT2D eigenvalue weighted by atomic mass is 10.1. The summed E-state index contributed by atoms with van der Waals surface area (Å²) >= 11 is 0. The third-order valence-electron chi connectivity index (χ3n) is 5.23. The van der Waals surface area contributed by atoms with E-state index in [4.69, 9.17) is 4.74 Å². The second-order valence-corrected chi connectivity index (χ2v) is 7.23. The van der Waals surface area contributed by atoms with E-state index in [0.29, 0.717) is 6.42 Å². The molecule has 26 heavy (non-hydrogen) atoms. The summed E-state index contributed by atoms with van der Waals surface area (Å²) < 4.78 is 5.39. The average Bonchev–Trinajstić information content (AvgIpc) is 2.96. The quantitative estimate of drug-likeness (QED) is 0.804. The number of carbonyl (C=O) groups is 1. The Labute approximate surface area is 156 Å². The van der Waals surface area contributed by atoms with Gasteiger partial charge in [-0.15, -0.1) is 0 Å². The molecule has 1 aromatic heterocycles. The zero-order valence-electron chi connectivity index (χ0n) is 15.8. The molecule has 2 aliphatic heterocycles. The number of carbonyl (C=O) groups excluding carboxylic acids is 1. The Morgan fingerprint density at radius 3 is 2.65 bits per heavy atom. The number of hydrogen-bond donors (Lipinski definition) is 1. The summed E-state index contributed by atoms with van der Waals surface area (Å²) in [6.07, 6.45) is 8.42. The van der Waals surface area contributed by atoms with Gasteiger partial charge in [0.15, 0.2) is 0 Å². The molecular formula is C20H32N4O2. The van der Waals surface area contributed by atoms with Crippen molar-refractivity contribution >= 4 is 11.7 Å². The molecule has 2 aliphatic rings. The summed E-state index contributed by atoms with van der Waals surface area (Å²) in [6, 6.07) is 4.12. The molecule has 0 atom stereocenters. The van der Waals surface area contributed by atoms with Gasteiger partial charge in [-0.1, -0.05) is 12.8 Å². The minimum Gasteiger partial charge on any atom is -0.378 e. The maximum absolute atomic E-state index is 12.1. The highest BCUT2D eigenvalue weighted by molar-refractivity contribution is 5.76. The van der Waals surface area contributed by atoms with Gasteiger partial charge in [0.05, 0.1) is 13.2 Å². The molecule has 0 radical (unpaired) electrons. The molecular weight excluding hydrogens is 328 g/mol. The van der Waals surface area contributed by atoms with Crippen LogP contribution in [0.15, 0.2) is 18.3 Å². The third kappa shape index (κ3) is 6.25. The second kappa shape index (κ2) is 10.5. The van der Waals surface area contributed by atoms with Crippen LogP contribution < -0.4 is 10.2 Å². The van der Waals surface area contributed by atoms with Crippen molar-refractivity contribution < 1.29 is 9.53 Å². The Bertz CT molecular complexity index is 552. The Morgan fingerprint density at radius 2 is 1.88 bits per heavy atom. The van der Waals surface area contributed by atoms with Gasteiger partial charge in [0.25, 0.3) is 0 Å². The molecule has 6 heteroatoms. The number of hydrogen-bond acceptors (Lipinski definition) is 5. The lowest BCUT2D eigenvalue weighted by molar-refractivity contribution is -0.121. The molecule has 1 N–H and O–H groups in total. The number of ether oxygens (including phenoxy) is 1. The van der Waals surface area contributed by atoms with Crippen molar-refractivity contribution in [2.45, 2.75) is 38.5 Å². The summed E-state index contributed by atoms with van der Waals surface area (Å²) in [5.41, 5.74) is 1.17. The van der Waals surface area contributed by atoms with Gasteiger partial charge in [-0.05, 0) is 50.0 Å². The highest BCUT2D eigenvalue weighted by Crippen LogP contribution is 2.15. The summed E-state index contributed by atoms with van der Waals surface area (Å²) in [5, 5.41) is 3.08. The standard InChI is InChI=1S/C20H32N4O2/c25-20(22-9-12-23-10-3-1-2-4-11-23)6-5-18-7-8-21-19(17-18)24-13-15-26-16-14-24/h7-8,17H,1-6,9-16H2,(H,22,25). The van der Waals surface area contributed by atoms with Crippen LogP contribution in [0.25, 0.3) is 0 Å². The fourth-order valence-electron chi connectivity index (χ4n) is 3.64. The zero-order chi connectivity index (χ0) is 18.0. The number of anilines is 1. The fourth-order valence-corrected chi connectivity index (χ4v) is 3.64. The Kier molecular flexibility index (Phi) is 7.70. The van der Waals surface area contributed by atoms with E-state index < -0.39 is 0 Å². The van der Waals surface area contributed by atoms with Crippen LogP contribution in [0.5, 0.6) is 0 Å². The van der Waals surface area contributed by atoms with Gasteiger partial charge in [-0.3, -0.25) is 4.79 Å². The van der Waals surface area contributed by atoms with Gasteiger partial charge in [0, 0.05) is 38.8 Å². The van der Waals surface area contributed by atoms with Crippen LogP contribution >= 0.6 is 0 Å². The average molecular weight is 361 g/mol. The Morgan fingerprint density at radius 1 is 1.12 bits per heavy atom. The number of nitrogens with zero attached hydrogens (tertiary/aromatic N) is 3. The summed E-state index contributed by atoms with van der Waals surface area (Å²) in [7, 11) is 0. The molecule has 6 nitrogen and oxygen atoms in total. The third-order valence-corrected chi connectivity index (χ3v) is 5.23. The monoisotopic (exact) mass is 360 g/mol. The molecule has 3 heterocycles. The first-order chi connectivity index (χ1) is 12.8. The van der Waals surface area contributed by atoms with Crippen LogP contribution in [0.3, 0.4) is 0 Å². The van der Waals surface area contributed by atoms with E-state index in [2.05, 4.69) is 26.2 Å². The minimum absolute atomic E-state index is 0.143. The smallest absolute Gasteiger partial charge is 0.220 e. The number of amides is 1. The molecule has 2 fully saturated rings. The predicted octanol–water partition coefficient (Wildman–Crippen LogP) is 1.84. The van der Waals surface area contributed by atoms with Crippen molar-refractivity contribution in [1.29, 1.82) is 0 Å². The lowest BCUT2D eigenvalue weighted by Crippen LogP contribution is -2.36. The van der Waals surface area contributed by atoms with Gasteiger partial charge in [-0.2, -0.15) is 0 Å². The van der Waals surface area contributed by atoms with Crippen molar-refractivity contribution in [3.63, 3.8) is 0 Å². The van der Waals surface area contributed by atoms with E-state index in [1.807, 2.05) is 12.3 Å². The predicted molar refractivity (Wildman–Crippen MR) is 104 cm³/mol. The van der Waals surface area contributed by atoms with Crippen molar-refractivity contribution in [2.24, 2.45) is 0 Å².